The van der Waals surface area contributed by atoms with Crippen molar-refractivity contribution in [2.24, 2.45) is 5.41 Å². The van der Waals surface area contributed by atoms with Crippen LogP contribution in [0.1, 0.15) is 26.2 Å². The summed E-state index contributed by atoms with van der Waals surface area (Å²) >= 11 is 0. The second-order valence-electron chi connectivity index (χ2n) is 5.05. The molecule has 0 amide bonds. The Morgan fingerprint density at radius 1 is 1.23 bits per heavy atom. The van der Waals surface area contributed by atoms with Crippen LogP contribution in [0.25, 0.3) is 0 Å². The molecule has 2 saturated heterocycles. The van der Waals surface area contributed by atoms with Gasteiger partial charge in [0.05, 0.1) is 0 Å². The van der Waals surface area contributed by atoms with Gasteiger partial charge in [-0.2, -0.15) is 0 Å². The molecule has 13 heavy (non-hydrogen) atoms. The van der Waals surface area contributed by atoms with E-state index in [1.807, 2.05) is 0 Å². The molecular weight excluding hydrogens is 160 g/mol. The summed E-state index contributed by atoms with van der Waals surface area (Å²) in [6.45, 7) is 8.99. The van der Waals surface area contributed by atoms with E-state index in [1.54, 1.807) is 0 Å². The lowest BCUT2D eigenvalue weighted by Gasteiger charge is -2.53. The predicted octanol–water partition coefficient (Wildman–Crippen LogP) is 1.42. The van der Waals surface area contributed by atoms with Crippen LogP contribution in [-0.2, 0) is 0 Å². The summed E-state index contributed by atoms with van der Waals surface area (Å²) in [4.78, 5) is 5.12. The lowest BCUT2D eigenvalue weighted by atomic mass is 9.73. The molecule has 0 bridgehead atoms. The van der Waals surface area contributed by atoms with Gasteiger partial charge in [-0.3, -0.25) is 0 Å². The van der Waals surface area contributed by atoms with Crippen LogP contribution in [0.3, 0.4) is 0 Å². The van der Waals surface area contributed by atoms with Gasteiger partial charge < -0.3 is 9.80 Å². The van der Waals surface area contributed by atoms with Crippen LogP contribution in [0.5, 0.6) is 0 Å². The zero-order valence-corrected chi connectivity index (χ0v) is 9.05. The molecule has 2 aliphatic rings. The van der Waals surface area contributed by atoms with Gasteiger partial charge in [0, 0.05) is 25.0 Å². The van der Waals surface area contributed by atoms with Crippen LogP contribution in [-0.4, -0.2) is 49.6 Å². The summed E-state index contributed by atoms with van der Waals surface area (Å²) in [6.07, 6.45) is 4.21. The minimum atomic E-state index is 0.697. The highest BCUT2D eigenvalue weighted by atomic mass is 15.2. The Morgan fingerprint density at radius 2 is 2.00 bits per heavy atom. The van der Waals surface area contributed by atoms with E-state index >= 15 is 0 Å². The van der Waals surface area contributed by atoms with E-state index in [1.165, 1.54) is 52.0 Å². The first kappa shape index (κ1) is 9.47. The second-order valence-corrected chi connectivity index (χ2v) is 5.05. The molecule has 0 unspecified atom stereocenters. The highest BCUT2D eigenvalue weighted by molar-refractivity contribution is 4.97. The molecule has 0 aliphatic carbocycles. The molecule has 0 radical (unpaired) electrons. The van der Waals surface area contributed by atoms with Gasteiger partial charge in [-0.05, 0) is 39.4 Å². The Kier molecular flexibility index (Phi) is 2.61. The highest BCUT2D eigenvalue weighted by Gasteiger charge is 2.43. The molecule has 0 N–H and O–H groups in total. The zero-order chi connectivity index (χ0) is 9.31. The molecule has 2 rings (SSSR count). The molecule has 2 aliphatic heterocycles. The summed E-state index contributed by atoms with van der Waals surface area (Å²) < 4.78 is 0. The van der Waals surface area contributed by atoms with Crippen LogP contribution in [0.2, 0.25) is 0 Å². The molecule has 2 fully saturated rings. The van der Waals surface area contributed by atoms with Gasteiger partial charge in [0.15, 0.2) is 0 Å². The number of piperidine rings is 1. The first-order valence-corrected chi connectivity index (χ1v) is 5.65. The lowest BCUT2D eigenvalue weighted by Crippen LogP contribution is -2.61. The molecule has 0 saturated carbocycles. The number of nitrogens with zero attached hydrogens (tertiary/aromatic N) is 2. The lowest BCUT2D eigenvalue weighted by molar-refractivity contribution is -0.0399. The smallest absolute Gasteiger partial charge is 0.00850 e. The van der Waals surface area contributed by atoms with Crippen LogP contribution in [0, 0.1) is 5.41 Å². The summed E-state index contributed by atoms with van der Waals surface area (Å²) in [7, 11) is 2.24. The van der Waals surface area contributed by atoms with E-state index in [-0.39, 0.29) is 0 Å². The van der Waals surface area contributed by atoms with Gasteiger partial charge in [-0.25, -0.2) is 0 Å². The minimum Gasteiger partial charge on any atom is -0.305 e. The summed E-state index contributed by atoms with van der Waals surface area (Å²) in [5, 5.41) is 0. The van der Waals surface area contributed by atoms with Crippen molar-refractivity contribution in [1.29, 1.82) is 0 Å². The average Bonchev–Trinajstić information content (AvgIpc) is 2.03. The first-order chi connectivity index (χ1) is 6.24. The van der Waals surface area contributed by atoms with Crippen molar-refractivity contribution in [3.8, 4) is 0 Å². The molecule has 0 aromatic rings. The van der Waals surface area contributed by atoms with Gasteiger partial charge in [0.25, 0.3) is 0 Å². The largest absolute Gasteiger partial charge is 0.305 e. The maximum atomic E-state index is 2.66. The number of hydrogen-bond donors (Lipinski definition) is 0. The Labute approximate surface area is 81.9 Å². The minimum absolute atomic E-state index is 0.697. The highest BCUT2D eigenvalue weighted by Crippen LogP contribution is 2.37. The monoisotopic (exact) mass is 182 g/mol. The summed E-state index contributed by atoms with van der Waals surface area (Å²) in [5.41, 5.74) is 0.697. The molecule has 1 spiro atoms. The van der Waals surface area contributed by atoms with E-state index in [0.29, 0.717) is 5.41 Å². The van der Waals surface area contributed by atoms with Crippen LogP contribution in [0.4, 0.5) is 0 Å². The molecule has 2 nitrogen and oxygen atoms in total. The number of likely N-dealkylation sites (tertiary alicyclic amines) is 2. The Balaban J connectivity index is 1.86. The Bertz CT molecular complexity index is 165. The zero-order valence-electron chi connectivity index (χ0n) is 9.05. The van der Waals surface area contributed by atoms with E-state index < -0.39 is 0 Å². The summed E-state index contributed by atoms with van der Waals surface area (Å²) in [6, 6.07) is 0. The third kappa shape index (κ3) is 1.89. The molecule has 2 heteroatoms. The van der Waals surface area contributed by atoms with Gasteiger partial charge in [-0.1, -0.05) is 6.92 Å². The first-order valence-electron chi connectivity index (χ1n) is 5.65. The molecule has 2 heterocycles. The molecular formula is C11H22N2. The van der Waals surface area contributed by atoms with Crippen molar-refractivity contribution < 1.29 is 0 Å². The van der Waals surface area contributed by atoms with Crippen LogP contribution >= 0.6 is 0 Å². The van der Waals surface area contributed by atoms with Gasteiger partial charge >= 0.3 is 0 Å². The number of hydrogen-bond acceptors (Lipinski definition) is 2. The SMILES string of the molecule is CCCN1CCCC2(CN(C)C2)C1. The van der Waals surface area contributed by atoms with Crippen LogP contribution < -0.4 is 0 Å². The van der Waals surface area contributed by atoms with E-state index in [4.69, 9.17) is 0 Å². The van der Waals surface area contributed by atoms with Crippen molar-refractivity contribution in [2.75, 3.05) is 39.8 Å². The Hall–Kier alpha value is -0.0800. The second kappa shape index (κ2) is 3.58. The summed E-state index contributed by atoms with van der Waals surface area (Å²) in [5.74, 6) is 0. The maximum absolute atomic E-state index is 2.66. The quantitative estimate of drug-likeness (QED) is 0.637. The van der Waals surface area contributed by atoms with Gasteiger partial charge in [0.1, 0.15) is 0 Å². The van der Waals surface area contributed by atoms with Crippen molar-refractivity contribution in [3.05, 3.63) is 0 Å². The molecule has 76 valence electrons. The van der Waals surface area contributed by atoms with E-state index in [2.05, 4.69) is 23.8 Å². The number of rotatable bonds is 2. The Morgan fingerprint density at radius 3 is 2.62 bits per heavy atom. The van der Waals surface area contributed by atoms with Gasteiger partial charge in [-0.15, -0.1) is 0 Å². The van der Waals surface area contributed by atoms with E-state index in [9.17, 15) is 0 Å². The molecule has 0 aromatic carbocycles. The van der Waals surface area contributed by atoms with Crippen molar-refractivity contribution >= 4 is 0 Å². The predicted molar refractivity (Wildman–Crippen MR) is 55.9 cm³/mol. The fraction of sp³-hybridized carbons (Fsp3) is 1.00. The van der Waals surface area contributed by atoms with E-state index in [0.717, 1.165) is 0 Å². The average molecular weight is 182 g/mol. The van der Waals surface area contributed by atoms with Gasteiger partial charge in [0.2, 0.25) is 0 Å². The maximum Gasteiger partial charge on any atom is 0.00850 e. The molecule has 0 aromatic heterocycles. The fourth-order valence-corrected chi connectivity index (χ4v) is 3.17. The third-order valence-electron chi connectivity index (χ3n) is 3.49. The van der Waals surface area contributed by atoms with Crippen molar-refractivity contribution in [1.82, 2.24) is 9.80 Å². The fourth-order valence-electron chi connectivity index (χ4n) is 3.17. The van der Waals surface area contributed by atoms with Crippen LogP contribution in [0.15, 0.2) is 0 Å². The normalized spacial score (nSPS) is 29.1. The topological polar surface area (TPSA) is 6.48 Å². The molecule has 0 atom stereocenters. The van der Waals surface area contributed by atoms with Crippen molar-refractivity contribution in [2.45, 2.75) is 26.2 Å². The van der Waals surface area contributed by atoms with Crippen molar-refractivity contribution in [3.63, 3.8) is 0 Å². The third-order valence-corrected chi connectivity index (χ3v) is 3.49. The standard InChI is InChI=1S/C11H22N2/c1-3-6-13-7-4-5-11(10-13)8-12(2)9-11/h3-10H2,1-2H3.